The number of pyridine rings is 1. The molecular weight excluding hydrogens is 240 g/mol. The van der Waals surface area contributed by atoms with Crippen LogP contribution >= 0.6 is 0 Å². The quantitative estimate of drug-likeness (QED) is 0.782. The molecule has 0 saturated carbocycles. The first-order valence-corrected chi connectivity index (χ1v) is 8.47. The first kappa shape index (κ1) is 14.9. The lowest BCUT2D eigenvalue weighted by atomic mass is 9.73. The van der Waals surface area contributed by atoms with Gasteiger partial charge in [-0.3, -0.25) is 0 Å². The highest BCUT2D eigenvalue weighted by atomic mass is 28.3. The maximum Gasteiger partial charge on any atom is 0.206 e. The molecule has 0 aromatic carbocycles. The van der Waals surface area contributed by atoms with E-state index in [0.717, 1.165) is 5.56 Å². The number of hydrogen-bond acceptors (Lipinski definition) is 3. The molecule has 0 bridgehead atoms. The number of nitriles is 1. The van der Waals surface area contributed by atoms with Gasteiger partial charge in [0, 0.05) is 6.20 Å². The van der Waals surface area contributed by atoms with E-state index in [0.29, 0.717) is 5.69 Å². The fourth-order valence-corrected chi connectivity index (χ4v) is 3.08. The van der Waals surface area contributed by atoms with Crippen LogP contribution in [0.4, 0.5) is 0 Å². The van der Waals surface area contributed by atoms with E-state index in [1.807, 2.05) is 12.1 Å². The average molecular weight is 261 g/mol. The molecule has 0 aliphatic heterocycles. The molecule has 0 fully saturated rings. The van der Waals surface area contributed by atoms with Crippen molar-refractivity contribution in [2.45, 2.75) is 46.4 Å². The van der Waals surface area contributed by atoms with Crippen molar-refractivity contribution in [1.29, 1.82) is 5.26 Å². The minimum atomic E-state index is -0.843. The molecule has 18 heavy (non-hydrogen) atoms. The fraction of sp³-hybridized carbons (Fsp3) is 0.571. The van der Waals surface area contributed by atoms with E-state index in [9.17, 15) is 0 Å². The standard InChI is InChI=1S/C14H21N2OSi/c1-13(2,3)14(4,17-18(5)6)11-7-8-16-12(9-11)10-15/h7-9H,1-6H3. The van der Waals surface area contributed by atoms with Crippen LogP contribution in [-0.2, 0) is 10.0 Å². The normalized spacial score (nSPS) is 15.2. The van der Waals surface area contributed by atoms with E-state index >= 15 is 0 Å². The molecule has 1 rings (SSSR count). The summed E-state index contributed by atoms with van der Waals surface area (Å²) in [6, 6.07) is 5.86. The van der Waals surface area contributed by atoms with Crippen LogP contribution in [0.2, 0.25) is 13.1 Å². The SMILES string of the molecule is C[Si](C)OC(C)(c1ccnc(C#N)c1)C(C)(C)C. The van der Waals surface area contributed by atoms with Gasteiger partial charge in [-0.1, -0.05) is 20.8 Å². The van der Waals surface area contributed by atoms with Crippen LogP contribution in [0, 0.1) is 16.7 Å². The van der Waals surface area contributed by atoms with Gasteiger partial charge in [0.05, 0.1) is 5.60 Å². The maximum atomic E-state index is 8.97. The van der Waals surface area contributed by atoms with Crippen molar-refractivity contribution in [3.63, 3.8) is 0 Å². The van der Waals surface area contributed by atoms with E-state index in [2.05, 4.69) is 51.8 Å². The first-order valence-electron chi connectivity index (χ1n) is 6.06. The van der Waals surface area contributed by atoms with Gasteiger partial charge in [0.15, 0.2) is 0 Å². The molecule has 1 aromatic rings. The highest BCUT2D eigenvalue weighted by Crippen LogP contribution is 2.42. The van der Waals surface area contributed by atoms with Crippen molar-refractivity contribution < 1.29 is 4.43 Å². The molecule has 97 valence electrons. The maximum absolute atomic E-state index is 8.97. The van der Waals surface area contributed by atoms with Crippen LogP contribution in [0.5, 0.6) is 0 Å². The van der Waals surface area contributed by atoms with Gasteiger partial charge in [-0.25, -0.2) is 4.98 Å². The highest BCUT2D eigenvalue weighted by Gasteiger charge is 2.41. The molecule has 1 radical (unpaired) electrons. The average Bonchev–Trinajstić information content (AvgIpc) is 2.26. The Morgan fingerprint density at radius 2 is 1.89 bits per heavy atom. The summed E-state index contributed by atoms with van der Waals surface area (Å²) in [5, 5.41) is 8.97. The molecule has 3 nitrogen and oxygen atoms in total. The van der Waals surface area contributed by atoms with Gasteiger partial charge in [0.25, 0.3) is 0 Å². The zero-order valence-corrected chi connectivity index (χ0v) is 13.0. The summed E-state index contributed by atoms with van der Waals surface area (Å²) in [7, 11) is -0.843. The van der Waals surface area contributed by atoms with Gasteiger partial charge >= 0.3 is 0 Å². The van der Waals surface area contributed by atoms with Crippen molar-refractivity contribution in [3.8, 4) is 6.07 Å². The van der Waals surface area contributed by atoms with Crippen molar-refractivity contribution >= 4 is 9.04 Å². The fourth-order valence-electron chi connectivity index (χ4n) is 1.84. The Kier molecular flexibility index (Phi) is 4.31. The molecule has 1 atom stereocenters. The second-order valence-corrected chi connectivity index (χ2v) is 7.86. The molecule has 0 aliphatic rings. The molecule has 0 saturated heterocycles. The van der Waals surface area contributed by atoms with Crippen molar-refractivity contribution in [2.24, 2.45) is 5.41 Å². The first-order chi connectivity index (χ1) is 8.20. The van der Waals surface area contributed by atoms with E-state index < -0.39 is 14.6 Å². The second kappa shape index (κ2) is 5.21. The minimum Gasteiger partial charge on any atom is -0.407 e. The summed E-state index contributed by atoms with van der Waals surface area (Å²) >= 11 is 0. The molecular formula is C14H21N2OSi. The van der Waals surface area contributed by atoms with E-state index in [1.165, 1.54) is 0 Å². The largest absolute Gasteiger partial charge is 0.407 e. The Morgan fingerprint density at radius 1 is 1.28 bits per heavy atom. The van der Waals surface area contributed by atoms with Crippen LogP contribution in [-0.4, -0.2) is 14.0 Å². The zero-order chi connectivity index (χ0) is 14.0. The third-order valence-corrected chi connectivity index (χ3v) is 4.08. The van der Waals surface area contributed by atoms with Gasteiger partial charge in [0.1, 0.15) is 11.8 Å². The summed E-state index contributed by atoms with van der Waals surface area (Å²) in [6.45, 7) is 12.8. The lowest BCUT2D eigenvalue weighted by Gasteiger charge is -2.43. The van der Waals surface area contributed by atoms with Gasteiger partial charge in [-0.05, 0) is 43.1 Å². The number of nitrogens with zero attached hydrogens (tertiary/aromatic N) is 2. The smallest absolute Gasteiger partial charge is 0.206 e. The summed E-state index contributed by atoms with van der Waals surface area (Å²) in [6.07, 6.45) is 1.68. The Balaban J connectivity index is 3.31. The highest BCUT2D eigenvalue weighted by molar-refractivity contribution is 6.48. The molecule has 4 heteroatoms. The Hall–Kier alpha value is -1.18. The van der Waals surface area contributed by atoms with Crippen molar-refractivity contribution in [3.05, 3.63) is 29.6 Å². The Morgan fingerprint density at radius 3 is 2.33 bits per heavy atom. The van der Waals surface area contributed by atoms with E-state index in [-0.39, 0.29) is 5.41 Å². The predicted molar refractivity (Wildman–Crippen MR) is 74.3 cm³/mol. The molecule has 0 amide bonds. The van der Waals surface area contributed by atoms with E-state index in [4.69, 9.17) is 9.69 Å². The van der Waals surface area contributed by atoms with Gasteiger partial charge in [0.2, 0.25) is 9.04 Å². The molecule has 1 aromatic heterocycles. The van der Waals surface area contributed by atoms with Crippen LogP contribution < -0.4 is 0 Å². The summed E-state index contributed by atoms with van der Waals surface area (Å²) in [5.41, 5.74) is 1.00. The lowest BCUT2D eigenvalue weighted by molar-refractivity contribution is -0.0237. The zero-order valence-electron chi connectivity index (χ0n) is 12.0. The Labute approximate surface area is 112 Å². The second-order valence-electron chi connectivity index (χ2n) is 5.84. The number of hydrogen-bond donors (Lipinski definition) is 0. The van der Waals surface area contributed by atoms with Gasteiger partial charge in [-0.15, -0.1) is 0 Å². The van der Waals surface area contributed by atoms with Crippen LogP contribution in [0.3, 0.4) is 0 Å². The summed E-state index contributed by atoms with van der Waals surface area (Å²) < 4.78 is 6.25. The van der Waals surface area contributed by atoms with Crippen LogP contribution in [0.1, 0.15) is 39.0 Å². The predicted octanol–water partition coefficient (Wildman–Crippen LogP) is 3.48. The lowest BCUT2D eigenvalue weighted by Crippen LogP contribution is -2.42. The summed E-state index contributed by atoms with van der Waals surface area (Å²) in [5.74, 6) is 0. The molecule has 0 N–H and O–H groups in total. The monoisotopic (exact) mass is 261 g/mol. The molecule has 1 heterocycles. The summed E-state index contributed by atoms with van der Waals surface area (Å²) in [4.78, 5) is 4.02. The van der Waals surface area contributed by atoms with E-state index in [1.54, 1.807) is 6.20 Å². The third-order valence-electron chi connectivity index (χ3n) is 3.26. The minimum absolute atomic E-state index is 0.0526. The van der Waals surface area contributed by atoms with Crippen molar-refractivity contribution in [2.75, 3.05) is 0 Å². The molecule has 1 unspecified atom stereocenters. The van der Waals surface area contributed by atoms with Crippen LogP contribution in [0.25, 0.3) is 0 Å². The van der Waals surface area contributed by atoms with Gasteiger partial charge in [-0.2, -0.15) is 5.26 Å². The van der Waals surface area contributed by atoms with Gasteiger partial charge < -0.3 is 4.43 Å². The Bertz CT molecular complexity index is 460. The number of rotatable bonds is 3. The van der Waals surface area contributed by atoms with Crippen molar-refractivity contribution in [1.82, 2.24) is 4.98 Å². The number of aromatic nitrogens is 1. The van der Waals surface area contributed by atoms with Crippen LogP contribution in [0.15, 0.2) is 18.3 Å². The topological polar surface area (TPSA) is 45.9 Å². The molecule has 0 spiro atoms. The molecule has 0 aliphatic carbocycles. The third kappa shape index (κ3) is 2.98.